The van der Waals surface area contributed by atoms with Gasteiger partial charge in [-0.1, -0.05) is 11.3 Å². The van der Waals surface area contributed by atoms with E-state index in [0.29, 0.717) is 0 Å². The van der Waals surface area contributed by atoms with E-state index in [4.69, 9.17) is 0 Å². The molecule has 60 valence electrons. The summed E-state index contributed by atoms with van der Waals surface area (Å²) in [5.41, 5.74) is 0. The second-order valence-electron chi connectivity index (χ2n) is 2.32. The average molecular weight is 173 g/mol. The minimum absolute atomic E-state index is 0.201. The highest BCUT2D eigenvalue weighted by Gasteiger charge is 2.28. The van der Waals surface area contributed by atoms with Crippen LogP contribution in [0.25, 0.3) is 0 Å². The molecule has 0 N–H and O–H groups in total. The Bertz CT molecular complexity index is 306. The number of hydrogen-bond acceptors (Lipinski definition) is 3. The van der Waals surface area contributed by atoms with E-state index in [9.17, 15) is 10.1 Å². The fourth-order valence-electron chi connectivity index (χ4n) is 0.972. The van der Waals surface area contributed by atoms with Crippen molar-refractivity contribution in [3.8, 4) is 0 Å². The largest absolute Gasteiger partial charge is 0.515 e. The smallest absolute Gasteiger partial charge is 0.253 e. The van der Waals surface area contributed by atoms with Crippen LogP contribution in [0.4, 0.5) is 5.82 Å². The zero-order valence-corrected chi connectivity index (χ0v) is 7.44. The molecule has 4 nitrogen and oxygen atoms in total. The van der Waals surface area contributed by atoms with Crippen molar-refractivity contribution >= 4 is 17.2 Å². The predicted octanol–water partition coefficient (Wildman–Crippen LogP) is 1.10. The molecule has 0 radical (unpaired) electrons. The first-order chi connectivity index (χ1) is 5.04. The van der Waals surface area contributed by atoms with Crippen LogP contribution in [-0.2, 0) is 7.05 Å². The van der Waals surface area contributed by atoms with E-state index in [-0.39, 0.29) is 10.7 Å². The number of aryl methyl sites for hydroxylation is 2. The van der Waals surface area contributed by atoms with Crippen LogP contribution in [0.15, 0.2) is 0 Å². The fourth-order valence-corrected chi connectivity index (χ4v) is 1.94. The maximum absolute atomic E-state index is 10.4. The van der Waals surface area contributed by atoms with Crippen LogP contribution in [0.3, 0.4) is 0 Å². The van der Waals surface area contributed by atoms with Crippen molar-refractivity contribution in [2.75, 3.05) is 0 Å². The van der Waals surface area contributed by atoms with Gasteiger partial charge >= 0.3 is 5.82 Å². The average Bonchev–Trinajstić information content (AvgIpc) is 2.07. The van der Waals surface area contributed by atoms with Crippen molar-refractivity contribution in [2.45, 2.75) is 13.8 Å². The molecule has 0 saturated heterocycles. The molecule has 0 aliphatic heterocycles. The van der Waals surface area contributed by atoms with Crippen molar-refractivity contribution < 1.29 is 9.49 Å². The number of rotatable bonds is 1. The number of nitro groups is 1. The number of hydrogen-bond donors (Lipinski definition) is 0. The first kappa shape index (κ1) is 8.13. The Morgan fingerprint density at radius 3 is 2.27 bits per heavy atom. The van der Waals surface area contributed by atoms with E-state index >= 15 is 0 Å². The Hall–Kier alpha value is -0.970. The summed E-state index contributed by atoms with van der Waals surface area (Å²) in [7, 11) is 1.71. The number of nitrogens with zero attached hydrogens (tertiary/aromatic N) is 2. The Balaban J connectivity index is 3.34. The van der Waals surface area contributed by atoms with Gasteiger partial charge in [-0.25, -0.2) is 0 Å². The molecule has 1 aromatic rings. The Labute approximate surface area is 68.2 Å². The lowest BCUT2D eigenvalue weighted by Crippen LogP contribution is -2.31. The molecule has 0 aromatic carbocycles. The van der Waals surface area contributed by atoms with E-state index in [2.05, 4.69) is 0 Å². The Morgan fingerprint density at radius 1 is 1.55 bits per heavy atom. The lowest BCUT2D eigenvalue weighted by Gasteiger charge is -1.83. The summed E-state index contributed by atoms with van der Waals surface area (Å²) in [6.45, 7) is 3.63. The van der Waals surface area contributed by atoms with Gasteiger partial charge in [-0.2, -0.15) is 0 Å². The predicted molar refractivity (Wildman–Crippen MR) is 41.6 cm³/mol. The zero-order valence-electron chi connectivity index (χ0n) is 6.62. The highest BCUT2D eigenvalue weighted by Crippen LogP contribution is 2.19. The van der Waals surface area contributed by atoms with E-state index < -0.39 is 0 Å². The molecular formula is C6H9N2O2S+. The molecule has 1 aromatic heterocycles. The summed E-state index contributed by atoms with van der Waals surface area (Å²) < 4.78 is 1.60. The first-order valence-corrected chi connectivity index (χ1v) is 3.96. The minimum atomic E-state index is -0.348. The summed E-state index contributed by atoms with van der Waals surface area (Å²) in [4.78, 5) is 10.9. The summed E-state index contributed by atoms with van der Waals surface area (Å²) in [5.74, 6) is 0.201. The molecule has 0 unspecified atom stereocenters. The molecule has 0 saturated carbocycles. The van der Waals surface area contributed by atoms with Gasteiger partial charge in [0.05, 0.1) is 0 Å². The van der Waals surface area contributed by atoms with Gasteiger partial charge in [0, 0.05) is 6.92 Å². The zero-order chi connectivity index (χ0) is 8.59. The summed E-state index contributed by atoms with van der Waals surface area (Å²) in [6, 6.07) is 0. The summed E-state index contributed by atoms with van der Waals surface area (Å²) in [5, 5.41) is 11.4. The van der Waals surface area contributed by atoms with E-state index in [1.165, 1.54) is 11.3 Å². The molecule has 1 heterocycles. The van der Waals surface area contributed by atoms with Crippen LogP contribution < -0.4 is 4.57 Å². The highest BCUT2D eigenvalue weighted by atomic mass is 32.1. The van der Waals surface area contributed by atoms with Crippen molar-refractivity contribution in [2.24, 2.45) is 7.05 Å². The van der Waals surface area contributed by atoms with E-state index in [0.717, 1.165) is 9.88 Å². The van der Waals surface area contributed by atoms with Gasteiger partial charge in [-0.05, 0) is 6.92 Å². The lowest BCUT2D eigenvalue weighted by atomic mass is 10.5. The molecule has 1 rings (SSSR count). The van der Waals surface area contributed by atoms with Crippen molar-refractivity contribution in [1.82, 2.24) is 0 Å². The third kappa shape index (κ3) is 1.23. The Morgan fingerprint density at radius 2 is 2.09 bits per heavy atom. The van der Waals surface area contributed by atoms with Crippen molar-refractivity contribution in [1.29, 1.82) is 0 Å². The molecule has 0 amide bonds. The lowest BCUT2D eigenvalue weighted by molar-refractivity contribution is -0.716. The van der Waals surface area contributed by atoms with Gasteiger partial charge in [0.1, 0.15) is 12.0 Å². The van der Waals surface area contributed by atoms with E-state index in [1.54, 1.807) is 18.5 Å². The third-order valence-corrected chi connectivity index (χ3v) is 2.64. The quantitative estimate of drug-likeness (QED) is 0.362. The number of aromatic nitrogens is 1. The Kier molecular flexibility index (Phi) is 1.90. The number of thiazole rings is 1. The summed E-state index contributed by atoms with van der Waals surface area (Å²) in [6.07, 6.45) is 0. The first-order valence-electron chi connectivity index (χ1n) is 3.14. The van der Waals surface area contributed by atoms with Crippen molar-refractivity contribution in [3.05, 3.63) is 20.0 Å². The van der Waals surface area contributed by atoms with E-state index in [1.807, 2.05) is 6.92 Å². The van der Waals surface area contributed by atoms with Crippen LogP contribution in [0.2, 0.25) is 0 Å². The second kappa shape index (κ2) is 2.58. The van der Waals surface area contributed by atoms with Gasteiger partial charge in [0.2, 0.25) is 5.01 Å². The van der Waals surface area contributed by atoms with Gasteiger partial charge < -0.3 is 0 Å². The van der Waals surface area contributed by atoms with Crippen LogP contribution >= 0.6 is 11.3 Å². The minimum Gasteiger partial charge on any atom is -0.253 e. The molecule has 0 atom stereocenters. The summed E-state index contributed by atoms with van der Waals surface area (Å²) >= 11 is 1.45. The molecule has 11 heavy (non-hydrogen) atoms. The monoisotopic (exact) mass is 173 g/mol. The fraction of sp³-hybridized carbons (Fsp3) is 0.500. The molecule has 0 spiro atoms. The normalized spacial score (nSPS) is 10.1. The molecule has 0 aliphatic rings. The SMILES string of the molecule is Cc1sc(C)[n+](C)c1[N+](=O)[O-]. The highest BCUT2D eigenvalue weighted by molar-refractivity contribution is 7.11. The third-order valence-electron chi connectivity index (χ3n) is 1.58. The van der Waals surface area contributed by atoms with Gasteiger partial charge in [-0.3, -0.25) is 10.1 Å². The van der Waals surface area contributed by atoms with Crippen molar-refractivity contribution in [3.63, 3.8) is 0 Å². The second-order valence-corrected chi connectivity index (χ2v) is 3.72. The molecule has 0 bridgehead atoms. The van der Waals surface area contributed by atoms with Crippen LogP contribution in [0.1, 0.15) is 9.88 Å². The maximum Gasteiger partial charge on any atom is 0.515 e. The van der Waals surface area contributed by atoms with Gasteiger partial charge in [0.15, 0.2) is 4.88 Å². The topological polar surface area (TPSA) is 47.0 Å². The maximum atomic E-state index is 10.4. The molecule has 0 aliphatic carbocycles. The van der Waals surface area contributed by atoms with Crippen LogP contribution in [0.5, 0.6) is 0 Å². The standard InChI is InChI=1S/C6H9N2O2S/c1-4-6(8(9)10)7(3)5(2)11-4/h1-3H3/q+1. The van der Waals surface area contributed by atoms with Crippen LogP contribution in [-0.4, -0.2) is 4.92 Å². The molecule has 5 heteroatoms. The van der Waals surface area contributed by atoms with Crippen LogP contribution in [0, 0.1) is 24.0 Å². The van der Waals surface area contributed by atoms with Gasteiger partial charge in [0.25, 0.3) is 0 Å². The molecule has 0 fully saturated rings. The van der Waals surface area contributed by atoms with Gasteiger partial charge in [-0.15, -0.1) is 4.57 Å². The molecular weight excluding hydrogens is 164 g/mol.